The molecule has 0 saturated carbocycles. The predicted octanol–water partition coefficient (Wildman–Crippen LogP) is 1.62. The minimum absolute atomic E-state index is 0.0446. The maximum Gasteiger partial charge on any atom is 0.238 e. The van der Waals surface area contributed by atoms with Gasteiger partial charge in [0.1, 0.15) is 6.17 Å². The van der Waals surface area contributed by atoms with Crippen molar-refractivity contribution in [1.82, 2.24) is 10.2 Å². The number of rotatable bonds is 9. The van der Waals surface area contributed by atoms with Crippen LogP contribution in [0.15, 0.2) is 16.8 Å². The molecule has 0 spiro atoms. The maximum absolute atomic E-state index is 11.9. The first-order valence-electron chi connectivity index (χ1n) is 6.94. The Bertz CT molecular complexity index is 397. The number of methoxy groups -OCH3 is 1. The zero-order valence-corrected chi connectivity index (χ0v) is 12.7. The van der Waals surface area contributed by atoms with E-state index in [-0.39, 0.29) is 12.1 Å². The summed E-state index contributed by atoms with van der Waals surface area (Å²) in [6.45, 7) is 3.21. The van der Waals surface area contributed by atoms with Crippen LogP contribution >= 0.6 is 11.3 Å². The standard InChI is InChI=1S/C14H22N2O3S/c1-18-7-8-19-6-3-2-5-16-13(17)10-15-14(16)12-4-9-20-11-12/h4,9,11,14-15H,2-3,5-8,10H2,1H3. The minimum Gasteiger partial charge on any atom is -0.382 e. The molecule has 1 amide bonds. The lowest BCUT2D eigenvalue weighted by Gasteiger charge is -2.23. The maximum atomic E-state index is 11.9. The summed E-state index contributed by atoms with van der Waals surface area (Å²) in [4.78, 5) is 13.8. The number of thiophene rings is 1. The SMILES string of the molecule is COCCOCCCCN1C(=O)CNC1c1ccsc1. The summed E-state index contributed by atoms with van der Waals surface area (Å²) in [6, 6.07) is 2.07. The number of amides is 1. The number of carbonyl (C=O) groups is 1. The van der Waals surface area contributed by atoms with Crippen molar-refractivity contribution in [2.75, 3.05) is 40.0 Å². The third-order valence-electron chi connectivity index (χ3n) is 3.31. The van der Waals surface area contributed by atoms with Gasteiger partial charge in [0, 0.05) is 20.3 Å². The van der Waals surface area contributed by atoms with E-state index < -0.39 is 0 Å². The zero-order valence-electron chi connectivity index (χ0n) is 11.8. The summed E-state index contributed by atoms with van der Waals surface area (Å²) in [6.07, 6.45) is 1.97. The molecule has 1 N–H and O–H groups in total. The second-order valence-corrected chi connectivity index (χ2v) is 5.52. The van der Waals surface area contributed by atoms with Crippen LogP contribution in [0.25, 0.3) is 0 Å². The molecule has 1 saturated heterocycles. The third-order valence-corrected chi connectivity index (χ3v) is 4.01. The number of unbranched alkanes of at least 4 members (excludes halogenated alkanes) is 1. The molecular weight excluding hydrogens is 276 g/mol. The first kappa shape index (κ1) is 15.4. The van der Waals surface area contributed by atoms with E-state index in [1.54, 1.807) is 18.4 Å². The lowest BCUT2D eigenvalue weighted by molar-refractivity contribution is -0.128. The minimum atomic E-state index is 0.0446. The average Bonchev–Trinajstić information content (AvgIpc) is 3.08. The van der Waals surface area contributed by atoms with Gasteiger partial charge in [-0.25, -0.2) is 0 Å². The van der Waals surface area contributed by atoms with Gasteiger partial charge in [0.05, 0.1) is 19.8 Å². The molecule has 1 fully saturated rings. The highest BCUT2D eigenvalue weighted by Gasteiger charge is 2.30. The molecule has 1 aromatic rings. The molecule has 1 aliphatic heterocycles. The Morgan fingerprint density at radius 1 is 1.40 bits per heavy atom. The summed E-state index contributed by atoms with van der Waals surface area (Å²) in [5, 5.41) is 7.40. The van der Waals surface area contributed by atoms with Crippen LogP contribution in [-0.4, -0.2) is 50.8 Å². The molecule has 6 heteroatoms. The van der Waals surface area contributed by atoms with Crippen LogP contribution < -0.4 is 5.32 Å². The summed E-state index contributed by atoms with van der Waals surface area (Å²) in [7, 11) is 1.67. The lowest BCUT2D eigenvalue weighted by atomic mass is 10.2. The molecule has 5 nitrogen and oxygen atoms in total. The molecule has 1 aromatic heterocycles. The van der Waals surface area contributed by atoms with Crippen molar-refractivity contribution in [3.8, 4) is 0 Å². The van der Waals surface area contributed by atoms with Gasteiger partial charge >= 0.3 is 0 Å². The lowest BCUT2D eigenvalue weighted by Crippen LogP contribution is -2.31. The van der Waals surface area contributed by atoms with Crippen LogP contribution in [-0.2, 0) is 14.3 Å². The fourth-order valence-corrected chi connectivity index (χ4v) is 2.93. The Kier molecular flexibility index (Phi) is 6.46. The van der Waals surface area contributed by atoms with Gasteiger partial charge < -0.3 is 14.4 Å². The van der Waals surface area contributed by atoms with Crippen molar-refractivity contribution in [3.63, 3.8) is 0 Å². The van der Waals surface area contributed by atoms with Crippen molar-refractivity contribution >= 4 is 17.2 Å². The van der Waals surface area contributed by atoms with E-state index in [4.69, 9.17) is 9.47 Å². The van der Waals surface area contributed by atoms with Gasteiger partial charge in [0.25, 0.3) is 0 Å². The zero-order chi connectivity index (χ0) is 14.2. The molecule has 0 bridgehead atoms. The molecule has 2 rings (SSSR count). The van der Waals surface area contributed by atoms with Crippen LogP contribution in [0.5, 0.6) is 0 Å². The number of nitrogens with zero attached hydrogens (tertiary/aromatic N) is 1. The van der Waals surface area contributed by atoms with Gasteiger partial charge in [-0.15, -0.1) is 0 Å². The molecule has 1 unspecified atom stereocenters. The second kappa shape index (κ2) is 8.36. The third kappa shape index (κ3) is 4.28. The van der Waals surface area contributed by atoms with Crippen LogP contribution in [0.1, 0.15) is 24.6 Å². The molecule has 0 aromatic carbocycles. The van der Waals surface area contributed by atoms with Gasteiger partial charge in [-0.2, -0.15) is 11.3 Å². The van der Waals surface area contributed by atoms with E-state index in [9.17, 15) is 4.79 Å². The van der Waals surface area contributed by atoms with Crippen LogP contribution in [0.2, 0.25) is 0 Å². The number of carbonyl (C=O) groups excluding carboxylic acids is 1. The van der Waals surface area contributed by atoms with E-state index in [0.29, 0.717) is 19.8 Å². The van der Waals surface area contributed by atoms with E-state index in [1.807, 2.05) is 10.3 Å². The average molecular weight is 298 g/mol. The fourth-order valence-electron chi connectivity index (χ4n) is 2.25. The molecule has 1 atom stereocenters. The van der Waals surface area contributed by atoms with Gasteiger partial charge in [0.2, 0.25) is 5.91 Å². The summed E-state index contributed by atoms with van der Waals surface area (Å²) < 4.78 is 10.3. The van der Waals surface area contributed by atoms with Gasteiger partial charge in [-0.05, 0) is 35.2 Å². The summed E-state index contributed by atoms with van der Waals surface area (Å²) >= 11 is 1.66. The van der Waals surface area contributed by atoms with E-state index in [1.165, 1.54) is 5.56 Å². The quantitative estimate of drug-likeness (QED) is 0.704. The Morgan fingerprint density at radius 3 is 3.05 bits per heavy atom. The monoisotopic (exact) mass is 298 g/mol. The highest BCUT2D eigenvalue weighted by Crippen LogP contribution is 2.24. The number of hydrogen-bond acceptors (Lipinski definition) is 5. The molecule has 1 aliphatic rings. The van der Waals surface area contributed by atoms with E-state index >= 15 is 0 Å². The Hall–Kier alpha value is -0.950. The Balaban J connectivity index is 1.69. The fraction of sp³-hybridized carbons (Fsp3) is 0.643. The van der Waals surface area contributed by atoms with Crippen molar-refractivity contribution < 1.29 is 14.3 Å². The smallest absolute Gasteiger partial charge is 0.238 e. The summed E-state index contributed by atoms with van der Waals surface area (Å²) in [5.74, 6) is 0.182. The van der Waals surface area contributed by atoms with Crippen LogP contribution in [0.4, 0.5) is 0 Å². The molecule has 0 radical (unpaired) electrons. The largest absolute Gasteiger partial charge is 0.382 e. The van der Waals surface area contributed by atoms with E-state index in [0.717, 1.165) is 26.0 Å². The first-order chi connectivity index (χ1) is 9.83. The predicted molar refractivity (Wildman–Crippen MR) is 78.7 cm³/mol. The van der Waals surface area contributed by atoms with Gasteiger partial charge in [-0.3, -0.25) is 10.1 Å². The van der Waals surface area contributed by atoms with E-state index in [2.05, 4.69) is 16.8 Å². The normalized spacial score (nSPS) is 18.9. The number of hydrogen-bond donors (Lipinski definition) is 1. The second-order valence-electron chi connectivity index (χ2n) is 4.74. The van der Waals surface area contributed by atoms with Crippen molar-refractivity contribution in [2.24, 2.45) is 0 Å². The van der Waals surface area contributed by atoms with Crippen molar-refractivity contribution in [3.05, 3.63) is 22.4 Å². The molecule has 0 aliphatic carbocycles. The van der Waals surface area contributed by atoms with Gasteiger partial charge in [0.15, 0.2) is 0 Å². The molecule has 112 valence electrons. The van der Waals surface area contributed by atoms with Crippen LogP contribution in [0, 0.1) is 0 Å². The highest BCUT2D eigenvalue weighted by atomic mass is 32.1. The van der Waals surface area contributed by atoms with Crippen molar-refractivity contribution in [1.29, 1.82) is 0 Å². The van der Waals surface area contributed by atoms with Crippen LogP contribution in [0.3, 0.4) is 0 Å². The highest BCUT2D eigenvalue weighted by molar-refractivity contribution is 7.07. The Labute approximate surface area is 123 Å². The Morgan fingerprint density at radius 2 is 2.30 bits per heavy atom. The molecule has 20 heavy (non-hydrogen) atoms. The molecular formula is C14H22N2O3S. The van der Waals surface area contributed by atoms with Crippen molar-refractivity contribution in [2.45, 2.75) is 19.0 Å². The number of ether oxygens (including phenoxy) is 2. The summed E-state index contributed by atoms with van der Waals surface area (Å²) in [5.41, 5.74) is 1.18. The topological polar surface area (TPSA) is 50.8 Å². The van der Waals surface area contributed by atoms with Gasteiger partial charge in [-0.1, -0.05) is 0 Å². The first-order valence-corrected chi connectivity index (χ1v) is 7.89. The number of nitrogens with one attached hydrogen (secondary N) is 1. The molecule has 2 heterocycles.